The van der Waals surface area contributed by atoms with Gasteiger partial charge in [0.1, 0.15) is 0 Å². The highest BCUT2D eigenvalue weighted by atomic mass is 35.5. The van der Waals surface area contributed by atoms with Gasteiger partial charge < -0.3 is 10.2 Å². The van der Waals surface area contributed by atoms with E-state index in [0.29, 0.717) is 0 Å². The van der Waals surface area contributed by atoms with E-state index in [4.69, 9.17) is 11.6 Å². The fourth-order valence-electron chi connectivity index (χ4n) is 2.83. The summed E-state index contributed by atoms with van der Waals surface area (Å²) in [6.45, 7) is 0.948. The van der Waals surface area contributed by atoms with E-state index in [1.807, 2.05) is 13.1 Å². The number of hydrogen-bond donors (Lipinski definition) is 1. The van der Waals surface area contributed by atoms with Gasteiger partial charge in [-0.3, -0.25) is 0 Å². The first kappa shape index (κ1) is 14.2. The average Bonchev–Trinajstić information content (AvgIpc) is 2.61. The van der Waals surface area contributed by atoms with Gasteiger partial charge in [-0.2, -0.15) is 0 Å². The molecule has 0 saturated carbocycles. The van der Waals surface area contributed by atoms with Crippen molar-refractivity contribution in [2.45, 2.75) is 6.42 Å². The Kier molecular flexibility index (Phi) is 4.00. The van der Waals surface area contributed by atoms with Gasteiger partial charge in [0.15, 0.2) is 0 Å². The molecule has 0 aromatic heterocycles. The first-order chi connectivity index (χ1) is 10.2. The molecular weight excluding hydrogens is 280 g/mol. The summed E-state index contributed by atoms with van der Waals surface area (Å²) in [6.07, 6.45) is 3.26. The fraction of sp³-hybridized carbons (Fsp3) is 0.222. The summed E-state index contributed by atoms with van der Waals surface area (Å²) in [5, 5.41) is 4.01. The molecule has 2 aromatic carbocycles. The predicted octanol–water partition coefficient (Wildman–Crippen LogP) is 4.57. The number of nitrogens with zero attached hydrogens (tertiary/aromatic N) is 1. The van der Waals surface area contributed by atoms with Crippen LogP contribution in [0.5, 0.6) is 0 Å². The first-order valence-electron chi connectivity index (χ1n) is 7.18. The van der Waals surface area contributed by atoms with Crippen molar-refractivity contribution < 1.29 is 0 Å². The van der Waals surface area contributed by atoms with Crippen molar-refractivity contribution in [2.24, 2.45) is 0 Å². The monoisotopic (exact) mass is 298 g/mol. The van der Waals surface area contributed by atoms with Gasteiger partial charge in [-0.05, 0) is 61.5 Å². The number of rotatable bonds is 3. The van der Waals surface area contributed by atoms with Gasteiger partial charge >= 0.3 is 0 Å². The van der Waals surface area contributed by atoms with Crippen molar-refractivity contribution in [1.29, 1.82) is 0 Å². The Labute approximate surface area is 131 Å². The Morgan fingerprint density at radius 2 is 1.90 bits per heavy atom. The van der Waals surface area contributed by atoms with Crippen LogP contribution in [-0.4, -0.2) is 20.6 Å². The molecular formula is C18H19ClN2. The molecule has 21 heavy (non-hydrogen) atoms. The van der Waals surface area contributed by atoms with Gasteiger partial charge in [-0.25, -0.2) is 0 Å². The predicted molar refractivity (Wildman–Crippen MR) is 92.4 cm³/mol. The zero-order valence-corrected chi connectivity index (χ0v) is 13.1. The zero-order valence-electron chi connectivity index (χ0n) is 12.4. The van der Waals surface area contributed by atoms with Crippen LogP contribution in [0.15, 0.2) is 42.5 Å². The van der Waals surface area contributed by atoms with Crippen LogP contribution < -0.4 is 10.2 Å². The van der Waals surface area contributed by atoms with E-state index >= 15 is 0 Å². The highest BCUT2D eigenvalue weighted by Crippen LogP contribution is 2.40. The molecule has 0 amide bonds. The van der Waals surface area contributed by atoms with E-state index in [1.54, 1.807) is 0 Å². The number of halogens is 1. The quantitative estimate of drug-likeness (QED) is 0.893. The molecule has 0 fully saturated rings. The van der Waals surface area contributed by atoms with E-state index in [1.165, 1.54) is 28.1 Å². The molecule has 0 saturated heterocycles. The van der Waals surface area contributed by atoms with Crippen molar-refractivity contribution in [1.82, 2.24) is 5.32 Å². The lowest BCUT2D eigenvalue weighted by Crippen LogP contribution is -2.12. The van der Waals surface area contributed by atoms with Crippen molar-refractivity contribution >= 4 is 34.6 Å². The van der Waals surface area contributed by atoms with Crippen LogP contribution in [0.25, 0.3) is 11.6 Å². The molecule has 108 valence electrons. The second kappa shape index (κ2) is 5.92. The molecule has 0 bridgehead atoms. The van der Waals surface area contributed by atoms with Crippen molar-refractivity contribution in [3.05, 3.63) is 58.6 Å². The van der Waals surface area contributed by atoms with Gasteiger partial charge in [0.25, 0.3) is 0 Å². The maximum atomic E-state index is 6.23. The Bertz CT molecular complexity index is 691. The van der Waals surface area contributed by atoms with Crippen LogP contribution in [0.2, 0.25) is 5.02 Å². The van der Waals surface area contributed by atoms with E-state index in [-0.39, 0.29) is 0 Å². The normalized spacial score (nSPS) is 13.3. The molecule has 2 nitrogen and oxygen atoms in total. The molecule has 0 aliphatic carbocycles. The molecule has 2 aromatic rings. The number of anilines is 2. The van der Waals surface area contributed by atoms with Crippen molar-refractivity contribution in [2.75, 3.05) is 25.5 Å². The van der Waals surface area contributed by atoms with E-state index in [2.05, 4.69) is 59.7 Å². The Balaban J connectivity index is 2.20. The SMILES string of the molecule is CNCCC1=Cc2ccccc2N(C)c2ccc(Cl)cc21. The Morgan fingerprint density at radius 1 is 1.10 bits per heavy atom. The smallest absolute Gasteiger partial charge is 0.0485 e. The Hall–Kier alpha value is -1.77. The second-order valence-corrected chi connectivity index (χ2v) is 5.74. The molecule has 1 N–H and O–H groups in total. The number of benzene rings is 2. The molecule has 0 unspecified atom stereocenters. The highest BCUT2D eigenvalue weighted by Gasteiger charge is 2.18. The summed E-state index contributed by atoms with van der Waals surface area (Å²) in [5.74, 6) is 0. The zero-order chi connectivity index (χ0) is 14.8. The van der Waals surface area contributed by atoms with Crippen molar-refractivity contribution in [3.8, 4) is 0 Å². The summed E-state index contributed by atoms with van der Waals surface area (Å²) >= 11 is 6.23. The minimum absolute atomic E-state index is 0.781. The van der Waals surface area contributed by atoms with Gasteiger partial charge in [-0.1, -0.05) is 29.8 Å². The molecule has 0 radical (unpaired) electrons. The fourth-order valence-corrected chi connectivity index (χ4v) is 3.01. The summed E-state index contributed by atoms with van der Waals surface area (Å²) in [6, 6.07) is 14.6. The van der Waals surface area contributed by atoms with E-state index in [0.717, 1.165) is 18.0 Å². The third kappa shape index (κ3) is 2.69. The van der Waals surface area contributed by atoms with Gasteiger partial charge in [0.2, 0.25) is 0 Å². The lowest BCUT2D eigenvalue weighted by atomic mass is 9.99. The van der Waals surface area contributed by atoms with Crippen LogP contribution >= 0.6 is 11.6 Å². The molecule has 1 heterocycles. The molecule has 0 spiro atoms. The summed E-state index contributed by atoms with van der Waals surface area (Å²) in [7, 11) is 4.09. The van der Waals surface area contributed by atoms with Gasteiger partial charge in [0.05, 0.1) is 0 Å². The number of para-hydroxylation sites is 1. The number of fused-ring (bicyclic) bond motifs is 2. The first-order valence-corrected chi connectivity index (χ1v) is 7.56. The van der Waals surface area contributed by atoms with Crippen LogP contribution in [0.4, 0.5) is 11.4 Å². The summed E-state index contributed by atoms with van der Waals surface area (Å²) in [5.41, 5.74) is 6.21. The minimum atomic E-state index is 0.781. The maximum Gasteiger partial charge on any atom is 0.0485 e. The maximum absolute atomic E-state index is 6.23. The minimum Gasteiger partial charge on any atom is -0.344 e. The highest BCUT2D eigenvalue weighted by molar-refractivity contribution is 6.31. The topological polar surface area (TPSA) is 15.3 Å². The standard InChI is InChI=1S/C18H19ClN2/c1-20-10-9-13-11-14-5-3-4-6-17(14)21(2)18-8-7-15(19)12-16(13)18/h3-8,11-12,20H,9-10H2,1-2H3. The average molecular weight is 299 g/mol. The lowest BCUT2D eigenvalue weighted by molar-refractivity contribution is 0.816. The number of nitrogens with one attached hydrogen (secondary N) is 1. The third-order valence-corrected chi connectivity index (χ3v) is 4.17. The largest absolute Gasteiger partial charge is 0.344 e. The van der Waals surface area contributed by atoms with Crippen LogP contribution in [0.3, 0.4) is 0 Å². The van der Waals surface area contributed by atoms with Crippen LogP contribution in [-0.2, 0) is 0 Å². The molecule has 0 atom stereocenters. The molecule has 1 aliphatic rings. The molecule has 3 heteroatoms. The number of hydrogen-bond acceptors (Lipinski definition) is 2. The lowest BCUT2D eigenvalue weighted by Gasteiger charge is -2.22. The molecule has 1 aliphatic heterocycles. The van der Waals surface area contributed by atoms with E-state index < -0.39 is 0 Å². The third-order valence-electron chi connectivity index (χ3n) is 3.94. The van der Waals surface area contributed by atoms with E-state index in [9.17, 15) is 0 Å². The summed E-state index contributed by atoms with van der Waals surface area (Å²) in [4.78, 5) is 2.24. The van der Waals surface area contributed by atoms with Gasteiger partial charge in [-0.15, -0.1) is 0 Å². The van der Waals surface area contributed by atoms with Crippen LogP contribution in [0, 0.1) is 0 Å². The molecule has 3 rings (SSSR count). The van der Waals surface area contributed by atoms with Crippen molar-refractivity contribution in [3.63, 3.8) is 0 Å². The Morgan fingerprint density at radius 3 is 2.71 bits per heavy atom. The second-order valence-electron chi connectivity index (χ2n) is 5.30. The van der Waals surface area contributed by atoms with Crippen LogP contribution in [0.1, 0.15) is 17.5 Å². The summed E-state index contributed by atoms with van der Waals surface area (Å²) < 4.78 is 0. The van der Waals surface area contributed by atoms with Gasteiger partial charge in [0, 0.05) is 29.0 Å².